The fourth-order valence-electron chi connectivity index (χ4n) is 1.45. The Morgan fingerprint density at radius 1 is 1.64 bits per heavy atom. The highest BCUT2D eigenvalue weighted by Crippen LogP contribution is 2.22. The van der Waals surface area contributed by atoms with Crippen LogP contribution in [0.25, 0.3) is 0 Å². The van der Waals surface area contributed by atoms with E-state index in [4.69, 9.17) is 9.47 Å². The van der Waals surface area contributed by atoms with E-state index in [0.717, 1.165) is 6.42 Å². The smallest absolute Gasteiger partial charge is 0.316 e. The van der Waals surface area contributed by atoms with E-state index in [-0.39, 0.29) is 11.9 Å². The van der Waals surface area contributed by atoms with E-state index >= 15 is 0 Å². The van der Waals surface area contributed by atoms with Crippen LogP contribution in [0.1, 0.15) is 26.7 Å². The number of hydrogen-bond donors (Lipinski definition) is 0. The normalized spacial score (nSPS) is 26.3. The molecule has 4 nitrogen and oxygen atoms in total. The fourth-order valence-corrected chi connectivity index (χ4v) is 1.45. The molecule has 0 N–H and O–H groups in total. The number of hydrogen-bond acceptors (Lipinski definition) is 4. The predicted molar refractivity (Wildman–Crippen MR) is 49.8 cm³/mol. The van der Waals surface area contributed by atoms with Gasteiger partial charge >= 0.3 is 5.97 Å². The number of ether oxygens (including phenoxy) is 2. The number of cyclic esters (lactones) is 1. The second-order valence-corrected chi connectivity index (χ2v) is 3.53. The third-order valence-electron chi connectivity index (χ3n) is 2.21. The molecule has 2 atom stereocenters. The Balaban J connectivity index is 2.31. The number of carbonyl (C=O) groups excluding carboxylic acids is 2. The average molecular weight is 200 g/mol. The number of ketones is 1. The maximum absolute atomic E-state index is 11.2. The number of rotatable bonds is 5. The third-order valence-corrected chi connectivity index (χ3v) is 2.21. The zero-order valence-electron chi connectivity index (χ0n) is 8.62. The van der Waals surface area contributed by atoms with Gasteiger partial charge in [0.1, 0.15) is 17.8 Å². The minimum atomic E-state index is -0.565. The van der Waals surface area contributed by atoms with Crippen molar-refractivity contribution in [3.63, 3.8) is 0 Å². The van der Waals surface area contributed by atoms with E-state index in [1.807, 2.05) is 6.92 Å². The Morgan fingerprint density at radius 2 is 2.36 bits per heavy atom. The molecule has 0 bridgehead atoms. The van der Waals surface area contributed by atoms with Crippen LogP contribution in [-0.4, -0.2) is 31.1 Å². The lowest BCUT2D eigenvalue weighted by Gasteiger charge is -2.08. The number of esters is 1. The Bertz CT molecular complexity index is 224. The molecule has 1 aliphatic heterocycles. The fraction of sp³-hybridized carbons (Fsp3) is 0.800. The van der Waals surface area contributed by atoms with Crippen molar-refractivity contribution in [2.45, 2.75) is 32.8 Å². The Morgan fingerprint density at radius 3 is 2.86 bits per heavy atom. The summed E-state index contributed by atoms with van der Waals surface area (Å²) in [5.74, 6) is -1.08. The molecule has 14 heavy (non-hydrogen) atoms. The molecular weight excluding hydrogens is 184 g/mol. The van der Waals surface area contributed by atoms with E-state index in [1.165, 1.54) is 6.92 Å². The van der Waals surface area contributed by atoms with Crippen LogP contribution in [0.5, 0.6) is 0 Å². The molecule has 0 aliphatic carbocycles. The molecular formula is C10H16O4. The molecule has 1 rings (SSSR count). The lowest BCUT2D eigenvalue weighted by atomic mass is 10.0. The topological polar surface area (TPSA) is 52.6 Å². The van der Waals surface area contributed by atoms with E-state index in [2.05, 4.69) is 0 Å². The highest BCUT2D eigenvalue weighted by molar-refractivity contribution is 5.98. The largest absolute Gasteiger partial charge is 0.459 e. The summed E-state index contributed by atoms with van der Waals surface area (Å²) in [5, 5.41) is 0. The standard InChI is InChI=1S/C10H16O4/c1-3-4-13-6-8-5-9(7(2)11)10(12)14-8/h8-9H,3-6H2,1-2H3/t8-,9-/m0/s1. The molecule has 0 saturated carbocycles. The van der Waals surface area contributed by atoms with Crippen LogP contribution in [0.4, 0.5) is 0 Å². The van der Waals surface area contributed by atoms with E-state index in [0.29, 0.717) is 19.6 Å². The summed E-state index contributed by atoms with van der Waals surface area (Å²) in [7, 11) is 0. The van der Waals surface area contributed by atoms with Crippen molar-refractivity contribution in [3.8, 4) is 0 Å². The van der Waals surface area contributed by atoms with Crippen molar-refractivity contribution in [2.24, 2.45) is 5.92 Å². The minimum absolute atomic E-state index is 0.118. The summed E-state index contributed by atoms with van der Waals surface area (Å²) in [4.78, 5) is 22.2. The number of carbonyl (C=O) groups is 2. The molecule has 1 saturated heterocycles. The van der Waals surface area contributed by atoms with Gasteiger partial charge in [0, 0.05) is 13.0 Å². The van der Waals surface area contributed by atoms with Crippen molar-refractivity contribution in [3.05, 3.63) is 0 Å². The highest BCUT2D eigenvalue weighted by atomic mass is 16.6. The molecule has 1 fully saturated rings. The van der Waals surface area contributed by atoms with Gasteiger partial charge in [-0.1, -0.05) is 6.92 Å². The van der Waals surface area contributed by atoms with E-state index in [9.17, 15) is 9.59 Å². The maximum atomic E-state index is 11.2. The summed E-state index contributed by atoms with van der Waals surface area (Å²) >= 11 is 0. The van der Waals surface area contributed by atoms with Crippen molar-refractivity contribution >= 4 is 11.8 Å². The molecule has 4 heteroatoms. The molecule has 0 amide bonds. The van der Waals surface area contributed by atoms with Crippen molar-refractivity contribution in [1.82, 2.24) is 0 Å². The van der Waals surface area contributed by atoms with Crippen LogP contribution >= 0.6 is 0 Å². The Labute approximate surface area is 83.6 Å². The first-order valence-corrected chi connectivity index (χ1v) is 4.93. The summed E-state index contributed by atoms with van der Waals surface area (Å²) in [5.41, 5.74) is 0. The van der Waals surface area contributed by atoms with Crippen LogP contribution in [-0.2, 0) is 19.1 Å². The van der Waals surface area contributed by atoms with Crippen LogP contribution in [0.15, 0.2) is 0 Å². The Kier molecular flexibility index (Phi) is 4.07. The van der Waals surface area contributed by atoms with Crippen LogP contribution in [0.2, 0.25) is 0 Å². The van der Waals surface area contributed by atoms with Gasteiger partial charge in [0.15, 0.2) is 0 Å². The summed E-state index contributed by atoms with van der Waals surface area (Å²) in [6, 6.07) is 0. The number of Topliss-reactive ketones (excluding diaryl/α,β-unsaturated/α-hetero) is 1. The molecule has 1 aliphatic rings. The zero-order chi connectivity index (χ0) is 10.6. The minimum Gasteiger partial charge on any atom is -0.459 e. The molecule has 0 radical (unpaired) electrons. The van der Waals surface area contributed by atoms with Crippen LogP contribution < -0.4 is 0 Å². The van der Waals surface area contributed by atoms with Crippen LogP contribution in [0.3, 0.4) is 0 Å². The van der Waals surface area contributed by atoms with Gasteiger partial charge in [-0.05, 0) is 13.3 Å². The molecule has 0 aromatic rings. The van der Waals surface area contributed by atoms with Crippen LogP contribution in [0, 0.1) is 5.92 Å². The first-order valence-electron chi connectivity index (χ1n) is 4.93. The molecule has 1 heterocycles. The zero-order valence-corrected chi connectivity index (χ0v) is 8.62. The van der Waals surface area contributed by atoms with Gasteiger partial charge in [-0.2, -0.15) is 0 Å². The molecule has 0 spiro atoms. The molecule has 0 aromatic carbocycles. The maximum Gasteiger partial charge on any atom is 0.316 e. The Hall–Kier alpha value is -0.900. The third kappa shape index (κ3) is 2.80. The first-order chi connectivity index (χ1) is 6.65. The second-order valence-electron chi connectivity index (χ2n) is 3.53. The van der Waals surface area contributed by atoms with Crippen molar-refractivity contribution in [2.75, 3.05) is 13.2 Å². The predicted octanol–water partition coefficient (Wildman–Crippen LogP) is 0.934. The highest BCUT2D eigenvalue weighted by Gasteiger charge is 2.37. The SMILES string of the molecule is CCCOC[C@@H]1C[C@@H](C(C)=O)C(=O)O1. The van der Waals surface area contributed by atoms with E-state index in [1.54, 1.807) is 0 Å². The lowest BCUT2D eigenvalue weighted by molar-refractivity contribution is -0.147. The monoisotopic (exact) mass is 200 g/mol. The summed E-state index contributed by atoms with van der Waals surface area (Å²) in [6.45, 7) is 4.50. The van der Waals surface area contributed by atoms with Gasteiger partial charge in [-0.15, -0.1) is 0 Å². The van der Waals surface area contributed by atoms with Gasteiger partial charge in [-0.3, -0.25) is 9.59 Å². The second kappa shape index (κ2) is 5.10. The van der Waals surface area contributed by atoms with Gasteiger partial charge < -0.3 is 9.47 Å². The molecule has 0 unspecified atom stereocenters. The van der Waals surface area contributed by atoms with Crippen molar-refractivity contribution < 1.29 is 19.1 Å². The summed E-state index contributed by atoms with van der Waals surface area (Å²) < 4.78 is 10.3. The first kappa shape index (κ1) is 11.2. The lowest BCUT2D eigenvalue weighted by Crippen LogP contribution is -2.16. The summed E-state index contributed by atoms with van der Waals surface area (Å²) in [6.07, 6.45) is 1.18. The van der Waals surface area contributed by atoms with Gasteiger partial charge in [0.25, 0.3) is 0 Å². The molecule has 0 aromatic heterocycles. The van der Waals surface area contributed by atoms with Gasteiger partial charge in [0.05, 0.1) is 6.61 Å². The van der Waals surface area contributed by atoms with Gasteiger partial charge in [-0.25, -0.2) is 0 Å². The van der Waals surface area contributed by atoms with E-state index < -0.39 is 11.9 Å². The van der Waals surface area contributed by atoms with Crippen molar-refractivity contribution in [1.29, 1.82) is 0 Å². The quantitative estimate of drug-likeness (QED) is 0.376. The molecule has 80 valence electrons. The van der Waals surface area contributed by atoms with Gasteiger partial charge in [0.2, 0.25) is 0 Å². The average Bonchev–Trinajstić information content (AvgIpc) is 2.47.